The molecule has 0 spiro atoms. The minimum absolute atomic E-state index is 0.0243. The third kappa shape index (κ3) is 4.04. The fourth-order valence-electron chi connectivity index (χ4n) is 3.23. The topological polar surface area (TPSA) is 95.3 Å². The second kappa shape index (κ2) is 8.75. The molecule has 2 aromatic carbocycles. The van der Waals surface area contributed by atoms with E-state index < -0.39 is 23.8 Å². The fourth-order valence-corrected chi connectivity index (χ4v) is 4.15. The number of carbonyl (C=O) groups excluding carboxylic acids is 1. The average molecular weight is 454 g/mol. The molecule has 2 heterocycles. The van der Waals surface area contributed by atoms with Crippen molar-refractivity contribution in [2.45, 2.75) is 13.5 Å². The number of benzene rings is 2. The predicted molar refractivity (Wildman–Crippen MR) is 120 cm³/mol. The molecule has 1 N–H and O–H groups in total. The first-order valence-electron chi connectivity index (χ1n) is 9.56. The number of fused-ring (bicyclic) bond motifs is 1. The number of para-hydroxylation sites is 1. The van der Waals surface area contributed by atoms with Gasteiger partial charge in [0, 0.05) is 5.56 Å². The molecule has 2 aromatic heterocycles. The molecule has 0 aliphatic carbocycles. The van der Waals surface area contributed by atoms with Gasteiger partial charge in [-0.2, -0.15) is 5.10 Å². The summed E-state index contributed by atoms with van der Waals surface area (Å²) in [7, 11) is 3.06. The van der Waals surface area contributed by atoms with Crippen molar-refractivity contribution in [2.75, 3.05) is 19.5 Å². The molecule has 0 radical (unpaired) electrons. The zero-order valence-corrected chi connectivity index (χ0v) is 18.3. The molecule has 0 saturated carbocycles. The second-order valence-electron chi connectivity index (χ2n) is 6.82. The van der Waals surface area contributed by atoms with Crippen molar-refractivity contribution in [1.29, 1.82) is 0 Å². The summed E-state index contributed by atoms with van der Waals surface area (Å²) in [6.45, 7) is 1.39. The summed E-state index contributed by atoms with van der Waals surface area (Å²) in [5.41, 5.74) is 0.879. The van der Waals surface area contributed by atoms with Gasteiger partial charge in [0.05, 0.1) is 29.6 Å². The number of thiazole rings is 1. The molecule has 0 unspecified atom stereocenters. The summed E-state index contributed by atoms with van der Waals surface area (Å²) in [5, 5.41) is 7.60. The molecule has 0 aliphatic rings. The standard InChI is InChI=1S/C22H19FN4O4S/c1-12-24-20-21(32-12)19(13-8-9-16(30-2)17(10-13)31-3)26-27(22(20)29)11-18(28)25-15-7-5-4-6-14(15)23/h4-10H,11H2,1-3H3,(H,25,28). The largest absolute Gasteiger partial charge is 0.493 e. The number of methoxy groups -OCH3 is 2. The summed E-state index contributed by atoms with van der Waals surface area (Å²) < 4.78 is 26.2. The monoisotopic (exact) mass is 454 g/mol. The summed E-state index contributed by atoms with van der Waals surface area (Å²) in [6.07, 6.45) is 0. The van der Waals surface area contributed by atoms with Crippen molar-refractivity contribution < 1.29 is 18.7 Å². The Hall–Kier alpha value is -3.79. The van der Waals surface area contributed by atoms with E-state index in [1.165, 1.54) is 43.8 Å². The lowest BCUT2D eigenvalue weighted by atomic mass is 10.1. The van der Waals surface area contributed by atoms with Gasteiger partial charge in [-0.05, 0) is 37.3 Å². The number of amides is 1. The molecule has 0 bridgehead atoms. The Bertz CT molecular complexity index is 1380. The summed E-state index contributed by atoms with van der Waals surface area (Å²) in [4.78, 5) is 29.8. The second-order valence-corrected chi connectivity index (χ2v) is 8.02. The quantitative estimate of drug-likeness (QED) is 0.478. The van der Waals surface area contributed by atoms with Crippen LogP contribution in [0.1, 0.15) is 5.01 Å². The van der Waals surface area contributed by atoms with Crippen molar-refractivity contribution in [2.24, 2.45) is 0 Å². The number of nitrogens with zero attached hydrogens (tertiary/aromatic N) is 3. The maximum absolute atomic E-state index is 13.9. The van der Waals surface area contributed by atoms with E-state index >= 15 is 0 Å². The first-order valence-corrected chi connectivity index (χ1v) is 10.4. The van der Waals surface area contributed by atoms with E-state index in [0.29, 0.717) is 32.5 Å². The zero-order valence-electron chi connectivity index (χ0n) is 17.5. The lowest BCUT2D eigenvalue weighted by Gasteiger charge is -2.12. The molecular formula is C22H19FN4O4S. The van der Waals surface area contributed by atoms with Gasteiger partial charge in [-0.3, -0.25) is 9.59 Å². The van der Waals surface area contributed by atoms with Gasteiger partial charge >= 0.3 is 0 Å². The molecule has 32 heavy (non-hydrogen) atoms. The highest BCUT2D eigenvalue weighted by atomic mass is 32.1. The number of anilines is 1. The van der Waals surface area contributed by atoms with Crippen LogP contribution in [0.2, 0.25) is 0 Å². The lowest BCUT2D eigenvalue weighted by Crippen LogP contribution is -2.30. The minimum Gasteiger partial charge on any atom is -0.493 e. The molecule has 8 nitrogen and oxygen atoms in total. The van der Waals surface area contributed by atoms with Crippen LogP contribution in [0.5, 0.6) is 11.5 Å². The zero-order chi connectivity index (χ0) is 22.8. The number of rotatable bonds is 6. The van der Waals surface area contributed by atoms with E-state index in [1.807, 2.05) is 0 Å². The maximum Gasteiger partial charge on any atom is 0.294 e. The van der Waals surface area contributed by atoms with Gasteiger partial charge in [0.15, 0.2) is 17.0 Å². The number of ether oxygens (including phenoxy) is 2. The minimum atomic E-state index is -0.589. The van der Waals surface area contributed by atoms with Crippen molar-refractivity contribution in [1.82, 2.24) is 14.8 Å². The first-order chi connectivity index (χ1) is 15.4. The number of halogens is 1. The Morgan fingerprint density at radius 3 is 2.62 bits per heavy atom. The van der Waals surface area contributed by atoms with Gasteiger partial charge < -0.3 is 14.8 Å². The van der Waals surface area contributed by atoms with Crippen LogP contribution in [-0.4, -0.2) is 34.9 Å². The van der Waals surface area contributed by atoms with Crippen LogP contribution in [0.15, 0.2) is 47.3 Å². The Kier molecular flexibility index (Phi) is 5.87. The molecule has 1 amide bonds. The van der Waals surface area contributed by atoms with Crippen LogP contribution in [0, 0.1) is 12.7 Å². The number of aryl methyl sites for hydroxylation is 1. The molecule has 0 atom stereocenters. The van der Waals surface area contributed by atoms with Crippen LogP contribution in [-0.2, 0) is 11.3 Å². The molecule has 4 aromatic rings. The van der Waals surface area contributed by atoms with E-state index in [-0.39, 0.29) is 11.2 Å². The normalized spacial score (nSPS) is 10.9. The number of hydrogen-bond donors (Lipinski definition) is 1. The molecule has 0 fully saturated rings. The van der Waals surface area contributed by atoms with Gasteiger partial charge in [0.1, 0.15) is 18.1 Å². The third-order valence-electron chi connectivity index (χ3n) is 4.71. The van der Waals surface area contributed by atoms with Crippen molar-refractivity contribution >= 4 is 33.1 Å². The van der Waals surface area contributed by atoms with Gasteiger partial charge in [0.2, 0.25) is 5.91 Å². The van der Waals surface area contributed by atoms with Gasteiger partial charge in [-0.1, -0.05) is 12.1 Å². The van der Waals surface area contributed by atoms with E-state index in [1.54, 1.807) is 31.2 Å². The maximum atomic E-state index is 13.9. The van der Waals surface area contributed by atoms with E-state index in [0.717, 1.165) is 4.68 Å². The van der Waals surface area contributed by atoms with Crippen molar-refractivity contribution in [3.63, 3.8) is 0 Å². The highest BCUT2D eigenvalue weighted by molar-refractivity contribution is 7.19. The van der Waals surface area contributed by atoms with Crippen molar-refractivity contribution in [3.8, 4) is 22.8 Å². The number of aromatic nitrogens is 3. The molecule has 0 aliphatic heterocycles. The lowest BCUT2D eigenvalue weighted by molar-refractivity contribution is -0.117. The van der Waals surface area contributed by atoms with Gasteiger partial charge in [-0.25, -0.2) is 14.1 Å². The summed E-state index contributed by atoms with van der Waals surface area (Å²) >= 11 is 1.33. The highest BCUT2D eigenvalue weighted by Gasteiger charge is 2.19. The number of carbonyl (C=O) groups is 1. The molecule has 10 heteroatoms. The van der Waals surface area contributed by atoms with Gasteiger partial charge in [-0.15, -0.1) is 11.3 Å². The summed E-state index contributed by atoms with van der Waals surface area (Å²) in [5.74, 6) is -0.117. The molecule has 164 valence electrons. The number of nitrogens with one attached hydrogen (secondary N) is 1. The third-order valence-corrected chi connectivity index (χ3v) is 5.68. The van der Waals surface area contributed by atoms with Gasteiger partial charge in [0.25, 0.3) is 5.56 Å². The Morgan fingerprint density at radius 2 is 1.91 bits per heavy atom. The van der Waals surface area contributed by atoms with E-state index in [2.05, 4.69) is 15.4 Å². The van der Waals surface area contributed by atoms with Crippen LogP contribution < -0.4 is 20.3 Å². The predicted octanol–water partition coefficient (Wildman–Crippen LogP) is 3.62. The SMILES string of the molecule is COc1ccc(-c2nn(CC(=O)Nc3ccccc3F)c(=O)c3nc(C)sc23)cc1OC. The fraction of sp³-hybridized carbons (Fsp3) is 0.182. The van der Waals surface area contributed by atoms with Crippen LogP contribution >= 0.6 is 11.3 Å². The number of hydrogen-bond acceptors (Lipinski definition) is 7. The van der Waals surface area contributed by atoms with Crippen LogP contribution in [0.25, 0.3) is 21.5 Å². The Labute approximate surface area is 186 Å². The summed E-state index contributed by atoms with van der Waals surface area (Å²) in [6, 6.07) is 11.0. The Balaban J connectivity index is 1.78. The van der Waals surface area contributed by atoms with E-state index in [9.17, 15) is 14.0 Å². The van der Waals surface area contributed by atoms with E-state index in [4.69, 9.17) is 9.47 Å². The first kappa shape index (κ1) is 21.4. The van der Waals surface area contributed by atoms with Crippen LogP contribution in [0.4, 0.5) is 10.1 Å². The molecular weight excluding hydrogens is 435 g/mol. The smallest absolute Gasteiger partial charge is 0.294 e. The highest BCUT2D eigenvalue weighted by Crippen LogP contribution is 2.35. The average Bonchev–Trinajstić information content (AvgIpc) is 3.18. The van der Waals surface area contributed by atoms with Crippen molar-refractivity contribution in [3.05, 3.63) is 63.6 Å². The van der Waals surface area contributed by atoms with Crippen LogP contribution in [0.3, 0.4) is 0 Å². The molecule has 0 saturated heterocycles. The Morgan fingerprint density at radius 1 is 1.16 bits per heavy atom. The molecule has 4 rings (SSSR count).